The van der Waals surface area contributed by atoms with Crippen LogP contribution in [0, 0.1) is 10.1 Å². The second kappa shape index (κ2) is 7.36. The maximum absolute atomic E-state index is 10.9. The van der Waals surface area contributed by atoms with Gasteiger partial charge in [-0.1, -0.05) is 60.7 Å². The molecule has 0 radical (unpaired) electrons. The van der Waals surface area contributed by atoms with Crippen LogP contribution in [0.5, 0.6) is 11.5 Å². The number of non-ortho nitro benzene ring substituents is 1. The number of benzene rings is 3. The van der Waals surface area contributed by atoms with Crippen LogP contribution in [0.3, 0.4) is 0 Å². The Bertz CT molecular complexity index is 1110. The van der Waals surface area contributed by atoms with Crippen LogP contribution >= 0.6 is 0 Å². The Hall–Kier alpha value is -3.93. The number of hydrogen-bond acceptors (Lipinski definition) is 4. The molecule has 4 aromatic rings. The summed E-state index contributed by atoms with van der Waals surface area (Å²) in [5.41, 5.74) is 3.46. The van der Waals surface area contributed by atoms with Gasteiger partial charge in [0.15, 0.2) is 5.75 Å². The normalized spacial score (nSPS) is 10.6. The summed E-state index contributed by atoms with van der Waals surface area (Å²) < 4.78 is 7.99. The van der Waals surface area contributed by atoms with Crippen LogP contribution in [0.1, 0.15) is 0 Å². The van der Waals surface area contributed by atoms with Crippen LogP contribution in [-0.2, 0) is 7.05 Å². The van der Waals surface area contributed by atoms with Crippen molar-refractivity contribution in [3.63, 3.8) is 0 Å². The molecule has 0 bridgehead atoms. The van der Waals surface area contributed by atoms with E-state index >= 15 is 0 Å². The third-order valence-electron chi connectivity index (χ3n) is 4.37. The largest absolute Gasteiger partial charge is 0.453 e. The first-order chi connectivity index (χ1) is 13.6. The molecular formula is C22H17N3O3. The highest BCUT2D eigenvalue weighted by Gasteiger charge is 2.21. The van der Waals surface area contributed by atoms with Gasteiger partial charge in [-0.2, -0.15) is 5.10 Å². The standard InChI is InChI=1S/C22H17N3O3/c1-24-21(17-10-6-3-7-11-17)22(20(23-24)16-8-4-2-5-9-16)28-19-14-12-18(13-15-19)25(26)27/h2-15H,1H3. The lowest BCUT2D eigenvalue weighted by molar-refractivity contribution is -0.384. The molecular weight excluding hydrogens is 354 g/mol. The Morgan fingerprint density at radius 2 is 1.43 bits per heavy atom. The molecule has 0 saturated heterocycles. The first-order valence-electron chi connectivity index (χ1n) is 8.73. The highest BCUT2D eigenvalue weighted by Crippen LogP contribution is 2.41. The van der Waals surface area contributed by atoms with E-state index in [0.29, 0.717) is 17.2 Å². The predicted octanol–water partition coefficient (Wildman–Crippen LogP) is 5.45. The molecule has 0 fully saturated rings. The highest BCUT2D eigenvalue weighted by molar-refractivity contribution is 5.79. The van der Waals surface area contributed by atoms with Crippen LogP contribution in [0.2, 0.25) is 0 Å². The highest BCUT2D eigenvalue weighted by atomic mass is 16.6. The van der Waals surface area contributed by atoms with Gasteiger partial charge < -0.3 is 4.74 Å². The summed E-state index contributed by atoms with van der Waals surface area (Å²) in [5, 5.41) is 15.6. The molecule has 28 heavy (non-hydrogen) atoms. The quantitative estimate of drug-likeness (QED) is 0.345. The number of nitro benzene ring substituents is 1. The lowest BCUT2D eigenvalue weighted by Gasteiger charge is -2.10. The van der Waals surface area contributed by atoms with Gasteiger partial charge in [0.05, 0.1) is 4.92 Å². The van der Waals surface area contributed by atoms with E-state index in [1.54, 1.807) is 16.8 Å². The maximum atomic E-state index is 10.9. The Labute approximate surface area is 161 Å². The van der Waals surface area contributed by atoms with Gasteiger partial charge >= 0.3 is 0 Å². The van der Waals surface area contributed by atoms with E-state index in [0.717, 1.165) is 16.8 Å². The smallest absolute Gasteiger partial charge is 0.269 e. The number of nitrogens with zero attached hydrogens (tertiary/aromatic N) is 3. The van der Waals surface area contributed by atoms with Gasteiger partial charge in [0.1, 0.15) is 17.1 Å². The average molecular weight is 371 g/mol. The summed E-state index contributed by atoms with van der Waals surface area (Å²) in [5.74, 6) is 1.11. The minimum Gasteiger partial charge on any atom is -0.453 e. The molecule has 0 amide bonds. The van der Waals surface area contributed by atoms with E-state index in [-0.39, 0.29) is 5.69 Å². The van der Waals surface area contributed by atoms with Crippen molar-refractivity contribution in [3.05, 3.63) is 95.0 Å². The molecule has 1 aromatic heterocycles. The number of aryl methyl sites for hydroxylation is 1. The molecule has 0 unspecified atom stereocenters. The van der Waals surface area contributed by atoms with E-state index in [1.165, 1.54) is 12.1 Å². The van der Waals surface area contributed by atoms with Gasteiger partial charge in [-0.15, -0.1) is 0 Å². The number of rotatable bonds is 5. The van der Waals surface area contributed by atoms with Gasteiger partial charge in [-0.3, -0.25) is 14.8 Å². The van der Waals surface area contributed by atoms with Crippen molar-refractivity contribution in [2.75, 3.05) is 0 Å². The molecule has 4 rings (SSSR count). The van der Waals surface area contributed by atoms with Gasteiger partial charge in [0.25, 0.3) is 5.69 Å². The van der Waals surface area contributed by atoms with Crippen LogP contribution < -0.4 is 4.74 Å². The van der Waals surface area contributed by atoms with E-state index in [2.05, 4.69) is 5.10 Å². The van der Waals surface area contributed by atoms with Crippen molar-refractivity contribution in [2.24, 2.45) is 7.05 Å². The van der Waals surface area contributed by atoms with E-state index in [1.807, 2.05) is 67.7 Å². The maximum Gasteiger partial charge on any atom is 0.269 e. The molecule has 1 heterocycles. The van der Waals surface area contributed by atoms with Crippen molar-refractivity contribution in [2.45, 2.75) is 0 Å². The fourth-order valence-electron chi connectivity index (χ4n) is 3.05. The minimum absolute atomic E-state index is 0.0186. The topological polar surface area (TPSA) is 70.2 Å². The summed E-state index contributed by atoms with van der Waals surface area (Å²) in [6.45, 7) is 0. The van der Waals surface area contributed by atoms with Crippen LogP contribution in [0.25, 0.3) is 22.5 Å². The van der Waals surface area contributed by atoms with Crippen LogP contribution in [0.15, 0.2) is 84.9 Å². The average Bonchev–Trinajstić information content (AvgIpc) is 3.05. The predicted molar refractivity (Wildman–Crippen MR) is 107 cm³/mol. The van der Waals surface area contributed by atoms with E-state index in [9.17, 15) is 10.1 Å². The molecule has 0 aliphatic carbocycles. The summed E-state index contributed by atoms with van der Waals surface area (Å²) >= 11 is 0. The van der Waals surface area contributed by atoms with Crippen molar-refractivity contribution >= 4 is 5.69 Å². The second-order valence-corrected chi connectivity index (χ2v) is 6.24. The van der Waals surface area contributed by atoms with E-state index in [4.69, 9.17) is 4.74 Å². The first-order valence-corrected chi connectivity index (χ1v) is 8.73. The molecule has 6 nitrogen and oxygen atoms in total. The molecule has 0 aliphatic heterocycles. The number of nitro groups is 1. The Kier molecular flexibility index (Phi) is 4.60. The molecule has 0 aliphatic rings. The fraction of sp³-hybridized carbons (Fsp3) is 0.0455. The van der Waals surface area contributed by atoms with E-state index < -0.39 is 4.92 Å². The van der Waals surface area contributed by atoms with Crippen LogP contribution in [0.4, 0.5) is 5.69 Å². The molecule has 3 aromatic carbocycles. The number of aromatic nitrogens is 2. The van der Waals surface area contributed by atoms with Crippen molar-refractivity contribution < 1.29 is 9.66 Å². The summed E-state index contributed by atoms with van der Waals surface area (Å²) in [6.07, 6.45) is 0. The second-order valence-electron chi connectivity index (χ2n) is 6.24. The van der Waals surface area contributed by atoms with Crippen molar-refractivity contribution in [3.8, 4) is 34.0 Å². The zero-order chi connectivity index (χ0) is 19.5. The Balaban J connectivity index is 1.84. The lowest BCUT2D eigenvalue weighted by Crippen LogP contribution is -1.94. The SMILES string of the molecule is Cn1nc(-c2ccccc2)c(Oc2ccc([N+](=O)[O-])cc2)c1-c1ccccc1. The third kappa shape index (κ3) is 3.35. The van der Waals surface area contributed by atoms with Gasteiger partial charge in [0, 0.05) is 30.3 Å². The van der Waals surface area contributed by atoms with Crippen molar-refractivity contribution in [1.29, 1.82) is 0 Å². The third-order valence-corrected chi connectivity index (χ3v) is 4.37. The minimum atomic E-state index is -0.432. The zero-order valence-corrected chi connectivity index (χ0v) is 15.1. The molecule has 0 saturated carbocycles. The lowest BCUT2D eigenvalue weighted by atomic mass is 10.1. The monoisotopic (exact) mass is 371 g/mol. The summed E-state index contributed by atoms with van der Waals surface area (Å²) in [7, 11) is 1.87. The molecule has 0 spiro atoms. The molecule has 0 N–H and O–H groups in total. The van der Waals surface area contributed by atoms with Crippen LogP contribution in [-0.4, -0.2) is 14.7 Å². The van der Waals surface area contributed by atoms with Gasteiger partial charge in [0.2, 0.25) is 0 Å². The summed E-state index contributed by atoms with van der Waals surface area (Å²) in [6, 6.07) is 25.7. The fourth-order valence-corrected chi connectivity index (χ4v) is 3.05. The first kappa shape index (κ1) is 17.5. The molecule has 138 valence electrons. The number of ether oxygens (including phenoxy) is 1. The van der Waals surface area contributed by atoms with Gasteiger partial charge in [-0.05, 0) is 12.1 Å². The number of hydrogen-bond donors (Lipinski definition) is 0. The Morgan fingerprint density at radius 3 is 2.00 bits per heavy atom. The van der Waals surface area contributed by atoms with Gasteiger partial charge in [-0.25, -0.2) is 0 Å². The Morgan fingerprint density at radius 1 is 0.857 bits per heavy atom. The zero-order valence-electron chi connectivity index (χ0n) is 15.1. The van der Waals surface area contributed by atoms with Crippen molar-refractivity contribution in [1.82, 2.24) is 9.78 Å². The molecule has 0 atom stereocenters. The summed E-state index contributed by atoms with van der Waals surface area (Å²) in [4.78, 5) is 10.5. The molecule has 6 heteroatoms.